The molecule has 1 unspecified atom stereocenters. The number of carbonyl (C=O) groups is 2. The van der Waals surface area contributed by atoms with Gasteiger partial charge in [0, 0.05) is 18.8 Å². The van der Waals surface area contributed by atoms with E-state index in [1.165, 1.54) is 4.90 Å². The largest absolute Gasteiger partial charge is 0.334 e. The summed E-state index contributed by atoms with van der Waals surface area (Å²) in [7, 11) is 1.68. The molecule has 0 aromatic heterocycles. The molecule has 6 heteroatoms. The summed E-state index contributed by atoms with van der Waals surface area (Å²) in [4.78, 5) is 25.6. The second kappa shape index (κ2) is 6.50. The second-order valence-corrected chi connectivity index (χ2v) is 6.43. The van der Waals surface area contributed by atoms with E-state index in [0.717, 1.165) is 23.5 Å². The van der Waals surface area contributed by atoms with Gasteiger partial charge in [0.15, 0.2) is 0 Å². The zero-order chi connectivity index (χ0) is 14.7. The van der Waals surface area contributed by atoms with Crippen molar-refractivity contribution in [1.82, 2.24) is 4.90 Å². The number of benzene rings is 1. The van der Waals surface area contributed by atoms with Gasteiger partial charge in [-0.2, -0.15) is 11.8 Å². The number of nitrogens with one attached hydrogen (secondary N) is 1. The average Bonchev–Trinajstić information content (AvgIpc) is 2.94. The van der Waals surface area contributed by atoms with Crippen LogP contribution in [-0.2, 0) is 9.59 Å². The molecular weight excluding hydrogens is 296 g/mol. The Morgan fingerprint density at radius 2 is 2.20 bits per heavy atom. The monoisotopic (exact) mass is 312 g/mol. The van der Waals surface area contributed by atoms with Crippen LogP contribution in [0.15, 0.2) is 18.2 Å². The van der Waals surface area contributed by atoms with E-state index in [-0.39, 0.29) is 6.04 Å². The van der Waals surface area contributed by atoms with Crippen molar-refractivity contribution in [2.75, 3.05) is 23.9 Å². The Bertz CT molecular complexity index is 530. The molecule has 0 bridgehead atoms. The van der Waals surface area contributed by atoms with Gasteiger partial charge >= 0.3 is 11.8 Å². The lowest BCUT2D eigenvalue weighted by Gasteiger charge is -2.23. The van der Waals surface area contributed by atoms with Crippen LogP contribution in [0.4, 0.5) is 5.69 Å². The van der Waals surface area contributed by atoms with E-state index < -0.39 is 11.8 Å². The molecule has 1 heterocycles. The number of hydrogen-bond acceptors (Lipinski definition) is 3. The van der Waals surface area contributed by atoms with Crippen molar-refractivity contribution in [3.63, 3.8) is 0 Å². The molecule has 4 nitrogen and oxygen atoms in total. The van der Waals surface area contributed by atoms with Crippen LogP contribution < -0.4 is 5.32 Å². The lowest BCUT2D eigenvalue weighted by Crippen LogP contribution is -2.43. The summed E-state index contributed by atoms with van der Waals surface area (Å²) in [5.74, 6) is 0.762. The first-order valence-electron chi connectivity index (χ1n) is 6.41. The van der Waals surface area contributed by atoms with E-state index in [0.29, 0.717) is 10.7 Å². The van der Waals surface area contributed by atoms with Gasteiger partial charge in [0.05, 0.1) is 10.7 Å². The predicted octanol–water partition coefficient (Wildman–Crippen LogP) is 2.55. The highest BCUT2D eigenvalue weighted by Gasteiger charge is 2.28. The predicted molar refractivity (Wildman–Crippen MR) is 83.3 cm³/mol. The number of anilines is 1. The van der Waals surface area contributed by atoms with E-state index in [2.05, 4.69) is 5.32 Å². The van der Waals surface area contributed by atoms with Crippen molar-refractivity contribution in [2.45, 2.75) is 19.4 Å². The Labute approximate surface area is 127 Å². The number of amides is 2. The van der Waals surface area contributed by atoms with Crippen molar-refractivity contribution in [2.24, 2.45) is 0 Å². The molecule has 0 saturated carbocycles. The van der Waals surface area contributed by atoms with Crippen LogP contribution in [0.3, 0.4) is 0 Å². The fraction of sp³-hybridized carbons (Fsp3) is 0.429. The summed E-state index contributed by atoms with van der Waals surface area (Å²) in [5.41, 5.74) is 1.46. The van der Waals surface area contributed by atoms with Crippen LogP contribution in [0, 0.1) is 6.92 Å². The van der Waals surface area contributed by atoms with E-state index in [1.54, 1.807) is 30.9 Å². The van der Waals surface area contributed by atoms with Crippen LogP contribution in [0.25, 0.3) is 0 Å². The lowest BCUT2D eigenvalue weighted by molar-refractivity contribution is -0.143. The van der Waals surface area contributed by atoms with E-state index in [1.807, 2.05) is 13.0 Å². The molecule has 1 N–H and O–H groups in total. The van der Waals surface area contributed by atoms with Crippen LogP contribution in [0.1, 0.15) is 12.0 Å². The van der Waals surface area contributed by atoms with Crippen LogP contribution in [0.5, 0.6) is 0 Å². The number of carbonyl (C=O) groups excluding carboxylic acids is 2. The van der Waals surface area contributed by atoms with E-state index in [9.17, 15) is 9.59 Å². The number of thioether (sulfide) groups is 1. The summed E-state index contributed by atoms with van der Waals surface area (Å²) < 4.78 is 0. The first kappa shape index (κ1) is 15.2. The third kappa shape index (κ3) is 3.46. The molecule has 20 heavy (non-hydrogen) atoms. The van der Waals surface area contributed by atoms with E-state index in [4.69, 9.17) is 11.6 Å². The van der Waals surface area contributed by atoms with E-state index >= 15 is 0 Å². The Morgan fingerprint density at radius 3 is 2.80 bits per heavy atom. The lowest BCUT2D eigenvalue weighted by atomic mass is 10.2. The minimum atomic E-state index is -0.643. The molecule has 0 aliphatic carbocycles. The first-order valence-corrected chi connectivity index (χ1v) is 7.94. The average molecular weight is 313 g/mol. The molecular formula is C14H17ClN2O2S. The van der Waals surface area contributed by atoms with Crippen molar-refractivity contribution in [1.29, 1.82) is 0 Å². The standard InChI is InChI=1S/C14H17ClN2O2S/c1-9-3-4-12(11(15)7-9)16-13(18)14(19)17(2)10-5-6-20-8-10/h3-4,7,10H,5-6,8H2,1-2H3,(H,16,18). The summed E-state index contributed by atoms with van der Waals surface area (Å²) in [6, 6.07) is 5.43. The maximum Gasteiger partial charge on any atom is 0.313 e. The molecule has 1 aliphatic heterocycles. The molecule has 0 radical (unpaired) electrons. The molecule has 0 spiro atoms. The first-order chi connectivity index (χ1) is 9.49. The zero-order valence-corrected chi connectivity index (χ0v) is 13.1. The van der Waals surface area contributed by atoms with Gasteiger partial charge in [-0.25, -0.2) is 0 Å². The maximum absolute atomic E-state index is 12.1. The fourth-order valence-electron chi connectivity index (χ4n) is 2.05. The molecule has 2 amide bonds. The Kier molecular flexibility index (Phi) is 4.94. The van der Waals surface area contributed by atoms with Gasteiger partial charge < -0.3 is 10.2 Å². The summed E-state index contributed by atoms with van der Waals surface area (Å²) in [6.45, 7) is 1.91. The minimum absolute atomic E-state index is 0.145. The minimum Gasteiger partial charge on any atom is -0.334 e. The molecule has 2 rings (SSSR count). The van der Waals surface area contributed by atoms with Gasteiger partial charge in [-0.3, -0.25) is 9.59 Å². The highest BCUT2D eigenvalue weighted by molar-refractivity contribution is 7.99. The molecule has 108 valence electrons. The SMILES string of the molecule is Cc1ccc(NC(=O)C(=O)N(C)C2CCSC2)c(Cl)c1. The number of aryl methyl sites for hydroxylation is 1. The molecule has 1 atom stereocenters. The summed E-state index contributed by atoms with van der Waals surface area (Å²) in [6.07, 6.45) is 0.936. The number of rotatable bonds is 2. The van der Waals surface area contributed by atoms with Gasteiger partial charge in [-0.05, 0) is 36.8 Å². The molecule has 1 aliphatic rings. The van der Waals surface area contributed by atoms with Gasteiger partial charge in [0.25, 0.3) is 0 Å². The van der Waals surface area contributed by atoms with Gasteiger partial charge in [0.2, 0.25) is 0 Å². The fourth-order valence-corrected chi connectivity index (χ4v) is 3.60. The molecule has 1 saturated heterocycles. The highest BCUT2D eigenvalue weighted by Crippen LogP contribution is 2.24. The number of halogens is 1. The third-order valence-electron chi connectivity index (χ3n) is 3.34. The second-order valence-electron chi connectivity index (χ2n) is 4.87. The quantitative estimate of drug-likeness (QED) is 0.854. The molecule has 1 fully saturated rings. The number of hydrogen-bond donors (Lipinski definition) is 1. The highest BCUT2D eigenvalue weighted by atomic mass is 35.5. The summed E-state index contributed by atoms with van der Waals surface area (Å²) in [5, 5.41) is 3.01. The van der Waals surface area contributed by atoms with Crippen molar-refractivity contribution in [3.8, 4) is 0 Å². The molecule has 1 aromatic rings. The van der Waals surface area contributed by atoms with Crippen LogP contribution in [0.2, 0.25) is 5.02 Å². The Morgan fingerprint density at radius 1 is 1.45 bits per heavy atom. The normalized spacial score (nSPS) is 17.9. The van der Waals surface area contributed by atoms with Gasteiger partial charge in [-0.15, -0.1) is 0 Å². The van der Waals surface area contributed by atoms with Crippen LogP contribution >= 0.6 is 23.4 Å². The number of nitrogens with zero attached hydrogens (tertiary/aromatic N) is 1. The van der Waals surface area contributed by atoms with Crippen molar-refractivity contribution in [3.05, 3.63) is 28.8 Å². The van der Waals surface area contributed by atoms with Crippen LogP contribution in [-0.4, -0.2) is 41.3 Å². The topological polar surface area (TPSA) is 49.4 Å². The van der Waals surface area contributed by atoms with Crippen molar-refractivity contribution < 1.29 is 9.59 Å². The van der Waals surface area contributed by atoms with Gasteiger partial charge in [-0.1, -0.05) is 17.7 Å². The maximum atomic E-state index is 12.1. The Hall–Kier alpha value is -1.20. The summed E-state index contributed by atoms with van der Waals surface area (Å²) >= 11 is 7.84. The smallest absolute Gasteiger partial charge is 0.313 e. The molecule has 1 aromatic carbocycles. The van der Waals surface area contributed by atoms with Gasteiger partial charge in [0.1, 0.15) is 0 Å². The Balaban J connectivity index is 2.01. The number of likely N-dealkylation sites (N-methyl/N-ethyl adjacent to an activating group) is 1. The third-order valence-corrected chi connectivity index (χ3v) is 4.80. The van der Waals surface area contributed by atoms with Crippen molar-refractivity contribution >= 4 is 40.9 Å². The zero-order valence-electron chi connectivity index (χ0n) is 11.5.